The van der Waals surface area contributed by atoms with Crippen molar-refractivity contribution in [2.75, 3.05) is 11.9 Å². The molecule has 0 atom stereocenters. The molecule has 9 heteroatoms. The van der Waals surface area contributed by atoms with Crippen LogP contribution in [0.15, 0.2) is 76.1 Å². The van der Waals surface area contributed by atoms with Crippen molar-refractivity contribution >= 4 is 68.1 Å². The number of hydrogen-bond donors (Lipinski definition) is 1. The molecule has 1 fully saturated rings. The molecule has 3 aromatic rings. The van der Waals surface area contributed by atoms with Crippen molar-refractivity contribution in [1.82, 2.24) is 4.90 Å². The van der Waals surface area contributed by atoms with E-state index in [4.69, 9.17) is 16.3 Å². The highest BCUT2D eigenvalue weighted by Crippen LogP contribution is 2.34. The van der Waals surface area contributed by atoms with Crippen molar-refractivity contribution < 1.29 is 19.1 Å². The van der Waals surface area contributed by atoms with Gasteiger partial charge in [0.25, 0.3) is 11.1 Å². The SMILES string of the molecule is CC(C)c1ccc(NC(=O)CN2C(=O)S/C(=C/c3ccc(OCc4ccc(Cl)cc4)c(Br)c3)C2=O)cc1. The van der Waals surface area contributed by atoms with Gasteiger partial charge in [-0.1, -0.05) is 55.8 Å². The molecular weight excluding hydrogens is 576 g/mol. The molecule has 0 aliphatic carbocycles. The summed E-state index contributed by atoms with van der Waals surface area (Å²) in [4.78, 5) is 39.0. The van der Waals surface area contributed by atoms with Gasteiger partial charge in [-0.2, -0.15) is 0 Å². The Labute approximate surface area is 233 Å². The standard InChI is InChI=1S/C28H24BrClN2O4S/c1-17(2)20-6-10-22(11-7-20)31-26(33)15-32-27(34)25(37-28(32)35)14-19-5-12-24(23(29)13-19)36-16-18-3-8-21(30)9-4-18/h3-14,17H,15-16H2,1-2H3,(H,31,33)/b25-14+. The molecule has 1 N–H and O–H groups in total. The number of amides is 3. The molecule has 0 spiro atoms. The van der Waals surface area contributed by atoms with Gasteiger partial charge in [0.2, 0.25) is 5.91 Å². The number of nitrogens with zero attached hydrogens (tertiary/aromatic N) is 1. The molecule has 0 aromatic heterocycles. The molecule has 1 aliphatic rings. The number of thioether (sulfide) groups is 1. The van der Waals surface area contributed by atoms with Crippen LogP contribution in [0.25, 0.3) is 6.08 Å². The van der Waals surface area contributed by atoms with Gasteiger partial charge in [-0.25, -0.2) is 0 Å². The van der Waals surface area contributed by atoms with Crippen LogP contribution in [0.2, 0.25) is 5.02 Å². The number of benzene rings is 3. The smallest absolute Gasteiger partial charge is 0.294 e. The Morgan fingerprint density at radius 3 is 2.43 bits per heavy atom. The van der Waals surface area contributed by atoms with E-state index in [-0.39, 0.29) is 11.4 Å². The molecular formula is C28H24BrClN2O4S. The lowest BCUT2D eigenvalue weighted by Crippen LogP contribution is -2.36. The van der Waals surface area contributed by atoms with Crippen LogP contribution in [0.5, 0.6) is 5.75 Å². The quantitative estimate of drug-likeness (QED) is 0.272. The summed E-state index contributed by atoms with van der Waals surface area (Å²) in [5.74, 6) is 0.0779. The van der Waals surface area contributed by atoms with E-state index in [0.29, 0.717) is 39.0 Å². The lowest BCUT2D eigenvalue weighted by molar-refractivity contribution is -0.127. The van der Waals surface area contributed by atoms with Crippen molar-refractivity contribution in [2.45, 2.75) is 26.4 Å². The highest BCUT2D eigenvalue weighted by molar-refractivity contribution is 9.10. The van der Waals surface area contributed by atoms with E-state index < -0.39 is 17.1 Å². The third-order valence-electron chi connectivity index (χ3n) is 5.60. The zero-order valence-corrected chi connectivity index (χ0v) is 23.3. The number of ether oxygens (including phenoxy) is 1. The first-order valence-corrected chi connectivity index (χ1v) is 13.5. The van der Waals surface area contributed by atoms with E-state index in [1.54, 1.807) is 36.4 Å². The third kappa shape index (κ3) is 7.03. The molecule has 190 valence electrons. The molecule has 0 saturated carbocycles. The minimum absolute atomic E-state index is 0.251. The second-order valence-corrected chi connectivity index (χ2v) is 11.0. The summed E-state index contributed by atoms with van der Waals surface area (Å²) < 4.78 is 6.57. The number of hydrogen-bond acceptors (Lipinski definition) is 5. The predicted octanol–water partition coefficient (Wildman–Crippen LogP) is 7.48. The summed E-state index contributed by atoms with van der Waals surface area (Å²) in [6.07, 6.45) is 1.63. The fourth-order valence-electron chi connectivity index (χ4n) is 3.55. The highest BCUT2D eigenvalue weighted by atomic mass is 79.9. The van der Waals surface area contributed by atoms with Gasteiger partial charge in [0, 0.05) is 10.7 Å². The van der Waals surface area contributed by atoms with Crippen LogP contribution in [-0.4, -0.2) is 28.5 Å². The number of carbonyl (C=O) groups excluding carboxylic acids is 3. The van der Waals surface area contributed by atoms with Crippen molar-refractivity contribution in [3.8, 4) is 5.75 Å². The molecule has 1 saturated heterocycles. The molecule has 0 radical (unpaired) electrons. The number of nitrogens with one attached hydrogen (secondary N) is 1. The van der Waals surface area contributed by atoms with Gasteiger partial charge in [0.05, 0.1) is 9.38 Å². The van der Waals surface area contributed by atoms with Gasteiger partial charge in [-0.05, 0) is 92.8 Å². The largest absolute Gasteiger partial charge is 0.488 e. The third-order valence-corrected chi connectivity index (χ3v) is 7.38. The maximum Gasteiger partial charge on any atom is 0.294 e. The van der Waals surface area contributed by atoms with E-state index in [0.717, 1.165) is 27.8 Å². The average molecular weight is 600 g/mol. The lowest BCUT2D eigenvalue weighted by Gasteiger charge is -2.13. The van der Waals surface area contributed by atoms with Crippen molar-refractivity contribution in [3.63, 3.8) is 0 Å². The summed E-state index contributed by atoms with van der Waals surface area (Å²) in [5.41, 5.74) is 3.46. The van der Waals surface area contributed by atoms with Crippen LogP contribution < -0.4 is 10.1 Å². The number of rotatable bonds is 8. The maximum absolute atomic E-state index is 12.9. The van der Waals surface area contributed by atoms with E-state index in [1.807, 2.05) is 36.4 Å². The molecule has 3 aromatic carbocycles. The number of carbonyl (C=O) groups is 3. The predicted molar refractivity (Wildman–Crippen MR) is 152 cm³/mol. The van der Waals surface area contributed by atoms with Crippen LogP contribution in [-0.2, 0) is 16.2 Å². The van der Waals surface area contributed by atoms with E-state index >= 15 is 0 Å². The Kier molecular flexibility index (Phi) is 8.74. The van der Waals surface area contributed by atoms with Crippen LogP contribution >= 0.6 is 39.3 Å². The molecule has 3 amide bonds. The average Bonchev–Trinajstić information content (AvgIpc) is 3.12. The second kappa shape index (κ2) is 12.0. The van der Waals surface area contributed by atoms with Gasteiger partial charge >= 0.3 is 0 Å². The number of halogens is 2. The minimum atomic E-state index is -0.500. The van der Waals surface area contributed by atoms with E-state index in [9.17, 15) is 14.4 Å². The Hall–Kier alpha value is -3.07. The first-order valence-electron chi connectivity index (χ1n) is 11.5. The van der Waals surface area contributed by atoms with Crippen LogP contribution in [0.4, 0.5) is 10.5 Å². The lowest BCUT2D eigenvalue weighted by atomic mass is 10.0. The topological polar surface area (TPSA) is 75.7 Å². The summed E-state index contributed by atoms with van der Waals surface area (Å²) in [7, 11) is 0. The summed E-state index contributed by atoms with van der Waals surface area (Å²) >= 11 is 10.2. The van der Waals surface area contributed by atoms with Crippen LogP contribution in [0, 0.1) is 0 Å². The summed E-state index contributed by atoms with van der Waals surface area (Å²) in [6.45, 7) is 4.20. The second-order valence-electron chi connectivity index (χ2n) is 8.70. The Morgan fingerprint density at radius 2 is 1.78 bits per heavy atom. The van der Waals surface area contributed by atoms with Gasteiger partial charge in [-0.3, -0.25) is 19.3 Å². The normalized spacial score (nSPS) is 14.5. The Morgan fingerprint density at radius 1 is 1.08 bits per heavy atom. The highest BCUT2D eigenvalue weighted by Gasteiger charge is 2.36. The fraction of sp³-hybridized carbons (Fsp3) is 0.179. The zero-order chi connectivity index (χ0) is 26.5. The molecule has 1 heterocycles. The van der Waals surface area contributed by atoms with Gasteiger partial charge in [0.1, 0.15) is 18.9 Å². The van der Waals surface area contributed by atoms with Gasteiger partial charge in [-0.15, -0.1) is 0 Å². The summed E-state index contributed by atoms with van der Waals surface area (Å²) in [6, 6.07) is 20.3. The molecule has 4 rings (SSSR count). The Balaban J connectivity index is 1.37. The minimum Gasteiger partial charge on any atom is -0.488 e. The van der Waals surface area contributed by atoms with Gasteiger partial charge < -0.3 is 10.1 Å². The number of imide groups is 1. The van der Waals surface area contributed by atoms with Crippen LogP contribution in [0.1, 0.15) is 36.5 Å². The summed E-state index contributed by atoms with van der Waals surface area (Å²) in [5, 5.41) is 2.92. The first-order chi connectivity index (χ1) is 17.7. The van der Waals surface area contributed by atoms with Crippen LogP contribution in [0.3, 0.4) is 0 Å². The zero-order valence-electron chi connectivity index (χ0n) is 20.2. The molecule has 0 unspecified atom stereocenters. The molecule has 6 nitrogen and oxygen atoms in total. The first kappa shape index (κ1) is 27.0. The monoisotopic (exact) mass is 598 g/mol. The van der Waals surface area contributed by atoms with E-state index in [1.165, 1.54) is 0 Å². The van der Waals surface area contributed by atoms with E-state index in [2.05, 4.69) is 35.1 Å². The van der Waals surface area contributed by atoms with Crippen molar-refractivity contribution in [3.05, 3.63) is 97.8 Å². The fourth-order valence-corrected chi connectivity index (χ4v) is 5.02. The number of anilines is 1. The maximum atomic E-state index is 12.9. The molecule has 0 bridgehead atoms. The molecule has 37 heavy (non-hydrogen) atoms. The van der Waals surface area contributed by atoms with Crippen molar-refractivity contribution in [1.29, 1.82) is 0 Å². The Bertz CT molecular complexity index is 1360. The van der Waals surface area contributed by atoms with Gasteiger partial charge in [0.15, 0.2) is 0 Å². The molecule has 1 aliphatic heterocycles. The van der Waals surface area contributed by atoms with Crippen molar-refractivity contribution in [2.24, 2.45) is 0 Å².